The van der Waals surface area contributed by atoms with Gasteiger partial charge in [0, 0.05) is 24.9 Å². The minimum atomic E-state index is -2.95. The Kier molecular flexibility index (Phi) is 5.91. The van der Waals surface area contributed by atoms with Crippen molar-refractivity contribution >= 4 is 35.1 Å². The van der Waals surface area contributed by atoms with E-state index in [4.69, 9.17) is 28.9 Å². The van der Waals surface area contributed by atoms with Gasteiger partial charge in [0.2, 0.25) is 0 Å². The third-order valence-corrected chi connectivity index (χ3v) is 7.31. The van der Waals surface area contributed by atoms with Gasteiger partial charge in [0.15, 0.2) is 0 Å². The van der Waals surface area contributed by atoms with Crippen LogP contribution in [0.3, 0.4) is 0 Å². The Labute approximate surface area is 214 Å². The number of nitrogens with one attached hydrogen (secondary N) is 1. The Morgan fingerprint density at radius 1 is 1.03 bits per heavy atom. The zero-order valence-electron chi connectivity index (χ0n) is 18.7. The van der Waals surface area contributed by atoms with Crippen LogP contribution in [0.2, 0.25) is 10.0 Å². The van der Waals surface area contributed by atoms with Crippen molar-refractivity contribution < 1.29 is 22.8 Å². The number of primary amides is 1. The first-order chi connectivity index (χ1) is 17.0. The standard InChI is InChI=1S/C24H20Cl2F3N5O2/c25-16-6-1-13(9-17(16)26)20-19(21(30)35)18-10-33(7-8-34(18)32-20)22(36)31-23(11-24(28,29)12-23)14-2-4-15(27)5-3-14/h1-6,9H,7-8,10-12H2,(H2,30,35)(H,31,36). The van der Waals surface area contributed by atoms with Crippen LogP contribution in [0, 0.1) is 5.82 Å². The van der Waals surface area contributed by atoms with Crippen molar-refractivity contribution in [2.75, 3.05) is 6.54 Å². The molecular formula is C24H20Cl2F3N5O2. The lowest BCUT2D eigenvalue weighted by Crippen LogP contribution is -2.62. The number of hydrogen-bond acceptors (Lipinski definition) is 3. The fraction of sp³-hybridized carbons (Fsp3) is 0.292. The number of urea groups is 1. The van der Waals surface area contributed by atoms with Gasteiger partial charge in [0.05, 0.1) is 39.9 Å². The van der Waals surface area contributed by atoms with Gasteiger partial charge in [-0.1, -0.05) is 41.4 Å². The molecule has 0 saturated heterocycles. The molecule has 12 heteroatoms. The Bertz CT molecular complexity index is 1370. The molecule has 2 aliphatic rings. The molecule has 36 heavy (non-hydrogen) atoms. The average Bonchev–Trinajstić information content (AvgIpc) is 3.19. The summed E-state index contributed by atoms with van der Waals surface area (Å²) < 4.78 is 42.9. The first-order valence-electron chi connectivity index (χ1n) is 11.0. The molecule has 1 aliphatic carbocycles. The Morgan fingerprint density at radius 3 is 2.33 bits per heavy atom. The van der Waals surface area contributed by atoms with Crippen LogP contribution < -0.4 is 11.1 Å². The zero-order chi connectivity index (χ0) is 25.8. The summed E-state index contributed by atoms with van der Waals surface area (Å²) in [4.78, 5) is 27.0. The van der Waals surface area contributed by atoms with Gasteiger partial charge in [-0.05, 0) is 29.8 Å². The second-order valence-electron chi connectivity index (χ2n) is 9.04. The topological polar surface area (TPSA) is 93.2 Å². The third kappa shape index (κ3) is 4.28. The van der Waals surface area contributed by atoms with Gasteiger partial charge in [0.25, 0.3) is 11.8 Å². The Morgan fingerprint density at radius 2 is 1.72 bits per heavy atom. The van der Waals surface area contributed by atoms with Crippen molar-refractivity contribution in [2.45, 2.75) is 37.4 Å². The van der Waals surface area contributed by atoms with Gasteiger partial charge in [0.1, 0.15) is 11.5 Å². The fourth-order valence-corrected chi connectivity index (χ4v) is 5.14. The summed E-state index contributed by atoms with van der Waals surface area (Å²) in [7, 11) is 0. The number of amides is 3. The highest BCUT2D eigenvalue weighted by atomic mass is 35.5. The number of nitrogens with zero attached hydrogens (tertiary/aromatic N) is 3. The number of halogens is 5. The number of aromatic nitrogens is 2. The number of benzene rings is 2. The van der Waals surface area contributed by atoms with E-state index in [0.717, 1.165) is 0 Å². The predicted molar refractivity (Wildman–Crippen MR) is 127 cm³/mol. The molecule has 1 fully saturated rings. The van der Waals surface area contributed by atoms with Crippen LogP contribution >= 0.6 is 23.2 Å². The number of fused-ring (bicyclic) bond motifs is 1. The van der Waals surface area contributed by atoms with Crippen LogP contribution in [0.1, 0.15) is 34.5 Å². The molecule has 5 rings (SSSR count). The fourth-order valence-electron chi connectivity index (χ4n) is 4.84. The molecule has 2 aromatic carbocycles. The molecule has 7 nitrogen and oxygen atoms in total. The Balaban J connectivity index is 1.43. The molecule has 1 aliphatic heterocycles. The molecule has 0 spiro atoms. The lowest BCUT2D eigenvalue weighted by atomic mass is 9.69. The van der Waals surface area contributed by atoms with Crippen LogP contribution in [0.5, 0.6) is 0 Å². The quantitative estimate of drug-likeness (QED) is 0.493. The van der Waals surface area contributed by atoms with E-state index >= 15 is 0 Å². The second kappa shape index (κ2) is 8.70. The van der Waals surface area contributed by atoms with E-state index in [-0.39, 0.29) is 30.2 Å². The molecule has 0 radical (unpaired) electrons. The predicted octanol–water partition coefficient (Wildman–Crippen LogP) is 4.94. The molecular weight excluding hydrogens is 518 g/mol. The highest BCUT2D eigenvalue weighted by molar-refractivity contribution is 6.42. The lowest BCUT2D eigenvalue weighted by Gasteiger charge is -2.49. The van der Waals surface area contributed by atoms with Crippen molar-refractivity contribution in [3.63, 3.8) is 0 Å². The zero-order valence-corrected chi connectivity index (χ0v) is 20.2. The maximum atomic E-state index is 13.9. The van der Waals surface area contributed by atoms with Gasteiger partial charge in [-0.3, -0.25) is 9.48 Å². The van der Waals surface area contributed by atoms with E-state index < -0.39 is 42.1 Å². The number of hydrogen-bond donors (Lipinski definition) is 2. The molecule has 0 bridgehead atoms. The van der Waals surface area contributed by atoms with Crippen molar-refractivity contribution in [1.29, 1.82) is 0 Å². The summed E-state index contributed by atoms with van der Waals surface area (Å²) in [5.74, 6) is -4.19. The number of carbonyl (C=O) groups excluding carboxylic acids is 2. The number of alkyl halides is 2. The minimum Gasteiger partial charge on any atom is -0.365 e. The summed E-state index contributed by atoms with van der Waals surface area (Å²) in [6.07, 6.45) is -1.20. The van der Waals surface area contributed by atoms with E-state index in [2.05, 4.69) is 10.4 Å². The summed E-state index contributed by atoms with van der Waals surface area (Å²) in [5.41, 5.74) is 6.13. The molecule has 0 atom stereocenters. The number of rotatable bonds is 4. The molecule has 1 saturated carbocycles. The average molecular weight is 538 g/mol. The highest BCUT2D eigenvalue weighted by Gasteiger charge is 2.58. The van der Waals surface area contributed by atoms with Crippen molar-refractivity contribution in [1.82, 2.24) is 20.0 Å². The normalized spacial score (nSPS) is 17.8. The van der Waals surface area contributed by atoms with Gasteiger partial charge < -0.3 is 16.0 Å². The Hall–Kier alpha value is -3.24. The van der Waals surface area contributed by atoms with E-state index in [1.54, 1.807) is 22.9 Å². The summed E-state index contributed by atoms with van der Waals surface area (Å²) in [6.45, 7) is 0.452. The van der Waals surface area contributed by atoms with E-state index in [1.807, 2.05) is 0 Å². The van der Waals surface area contributed by atoms with Gasteiger partial charge in [-0.15, -0.1) is 0 Å². The maximum Gasteiger partial charge on any atom is 0.318 e. The molecule has 3 amide bonds. The van der Waals surface area contributed by atoms with Crippen LogP contribution in [0.4, 0.5) is 18.0 Å². The third-order valence-electron chi connectivity index (χ3n) is 6.57. The number of nitrogens with two attached hydrogens (primary N) is 1. The summed E-state index contributed by atoms with van der Waals surface area (Å²) in [5, 5.41) is 7.85. The van der Waals surface area contributed by atoms with Crippen molar-refractivity contribution in [2.24, 2.45) is 5.73 Å². The molecule has 1 aromatic heterocycles. The second-order valence-corrected chi connectivity index (χ2v) is 9.85. The number of carbonyl (C=O) groups is 2. The van der Waals surface area contributed by atoms with Crippen LogP contribution in [-0.2, 0) is 18.6 Å². The molecule has 188 valence electrons. The summed E-state index contributed by atoms with van der Waals surface area (Å²) in [6, 6.07) is 9.34. The van der Waals surface area contributed by atoms with E-state index in [1.165, 1.54) is 29.2 Å². The van der Waals surface area contributed by atoms with Crippen molar-refractivity contribution in [3.05, 3.63) is 75.1 Å². The smallest absolute Gasteiger partial charge is 0.318 e. The first kappa shape index (κ1) is 24.5. The van der Waals surface area contributed by atoms with Gasteiger partial charge in [-0.2, -0.15) is 5.10 Å². The largest absolute Gasteiger partial charge is 0.365 e. The van der Waals surface area contributed by atoms with Crippen LogP contribution in [-0.4, -0.2) is 39.1 Å². The highest BCUT2D eigenvalue weighted by Crippen LogP contribution is 2.51. The van der Waals surface area contributed by atoms with Crippen molar-refractivity contribution in [3.8, 4) is 11.3 Å². The molecule has 0 unspecified atom stereocenters. The van der Waals surface area contributed by atoms with E-state index in [9.17, 15) is 22.8 Å². The van der Waals surface area contributed by atoms with E-state index in [0.29, 0.717) is 27.5 Å². The maximum absolute atomic E-state index is 13.9. The minimum absolute atomic E-state index is 0.0195. The van der Waals surface area contributed by atoms with Crippen LogP contribution in [0.15, 0.2) is 42.5 Å². The SMILES string of the molecule is NC(=O)c1c(-c2ccc(Cl)c(Cl)c2)nn2c1CN(C(=O)NC1(c3ccc(F)cc3)CC(F)(F)C1)CC2. The lowest BCUT2D eigenvalue weighted by molar-refractivity contribution is -0.134. The molecule has 3 aromatic rings. The molecule has 3 N–H and O–H groups in total. The first-order valence-corrected chi connectivity index (χ1v) is 11.8. The summed E-state index contributed by atoms with van der Waals surface area (Å²) >= 11 is 12.1. The van der Waals surface area contributed by atoms with Crippen LogP contribution in [0.25, 0.3) is 11.3 Å². The monoisotopic (exact) mass is 537 g/mol. The van der Waals surface area contributed by atoms with Gasteiger partial charge >= 0.3 is 6.03 Å². The van der Waals surface area contributed by atoms with Gasteiger partial charge in [-0.25, -0.2) is 18.0 Å². The molecule has 2 heterocycles.